The molecular weight excluding hydrogens is 398 g/mol. The molecule has 1 aliphatic rings. The second-order valence-corrected chi connectivity index (χ2v) is 6.95. The SMILES string of the molecule is COc1ccc(OC)c(C=CC(=O)N2CCCN2C(=O)c2cccc(NC(C)=O)c2)c1. The molecule has 2 aromatic rings. The first-order valence-electron chi connectivity index (χ1n) is 9.84. The van der Waals surface area contributed by atoms with Gasteiger partial charge in [0, 0.05) is 42.9 Å². The number of nitrogens with one attached hydrogen (secondary N) is 1. The number of hydrazine groups is 1. The molecule has 0 bridgehead atoms. The summed E-state index contributed by atoms with van der Waals surface area (Å²) >= 11 is 0. The summed E-state index contributed by atoms with van der Waals surface area (Å²) in [6, 6.07) is 12.0. The van der Waals surface area contributed by atoms with Crippen LogP contribution in [0.2, 0.25) is 0 Å². The van der Waals surface area contributed by atoms with Gasteiger partial charge in [-0.1, -0.05) is 6.07 Å². The number of carbonyl (C=O) groups is 3. The lowest BCUT2D eigenvalue weighted by atomic mass is 10.1. The number of nitrogens with zero attached hydrogens (tertiary/aromatic N) is 2. The minimum atomic E-state index is -0.311. The maximum Gasteiger partial charge on any atom is 0.272 e. The van der Waals surface area contributed by atoms with E-state index in [0.29, 0.717) is 47.8 Å². The number of rotatable bonds is 6. The molecule has 0 atom stereocenters. The van der Waals surface area contributed by atoms with Gasteiger partial charge in [0.25, 0.3) is 11.8 Å². The minimum absolute atomic E-state index is 0.222. The highest BCUT2D eigenvalue weighted by molar-refractivity contribution is 5.99. The molecule has 8 nitrogen and oxygen atoms in total. The summed E-state index contributed by atoms with van der Waals surface area (Å²) in [6.45, 7) is 2.28. The number of carbonyl (C=O) groups excluding carboxylic acids is 3. The molecule has 1 fully saturated rings. The van der Waals surface area contributed by atoms with Crippen molar-refractivity contribution < 1.29 is 23.9 Å². The lowest BCUT2D eigenvalue weighted by Crippen LogP contribution is -2.44. The van der Waals surface area contributed by atoms with Gasteiger partial charge in [-0.3, -0.25) is 14.4 Å². The molecule has 3 rings (SSSR count). The van der Waals surface area contributed by atoms with E-state index in [0.717, 1.165) is 0 Å². The van der Waals surface area contributed by atoms with E-state index in [1.54, 1.807) is 62.8 Å². The summed E-state index contributed by atoms with van der Waals surface area (Å²) in [5.74, 6) is 0.416. The van der Waals surface area contributed by atoms with Crippen molar-refractivity contribution in [3.05, 3.63) is 59.7 Å². The first-order chi connectivity index (χ1) is 14.9. The lowest BCUT2D eigenvalue weighted by Gasteiger charge is -2.27. The molecule has 31 heavy (non-hydrogen) atoms. The minimum Gasteiger partial charge on any atom is -0.497 e. The number of methoxy groups -OCH3 is 2. The average molecular weight is 423 g/mol. The largest absolute Gasteiger partial charge is 0.497 e. The van der Waals surface area contributed by atoms with Crippen LogP contribution in [0.1, 0.15) is 29.3 Å². The highest BCUT2D eigenvalue weighted by Gasteiger charge is 2.30. The summed E-state index contributed by atoms with van der Waals surface area (Å²) < 4.78 is 10.6. The van der Waals surface area contributed by atoms with E-state index in [2.05, 4.69) is 5.32 Å². The van der Waals surface area contributed by atoms with E-state index in [4.69, 9.17) is 9.47 Å². The Bertz CT molecular complexity index is 1020. The third kappa shape index (κ3) is 5.22. The van der Waals surface area contributed by atoms with Gasteiger partial charge in [-0.2, -0.15) is 0 Å². The Labute approximate surface area is 181 Å². The van der Waals surface area contributed by atoms with Crippen molar-refractivity contribution in [1.29, 1.82) is 0 Å². The first-order valence-corrected chi connectivity index (χ1v) is 9.84. The Morgan fingerprint density at radius 2 is 1.77 bits per heavy atom. The van der Waals surface area contributed by atoms with Gasteiger partial charge in [-0.25, -0.2) is 10.0 Å². The van der Waals surface area contributed by atoms with Gasteiger partial charge in [-0.15, -0.1) is 0 Å². The fourth-order valence-corrected chi connectivity index (χ4v) is 3.35. The quantitative estimate of drug-likeness (QED) is 0.722. The number of amides is 3. The van der Waals surface area contributed by atoms with Crippen molar-refractivity contribution in [2.24, 2.45) is 0 Å². The standard InChI is InChI=1S/C23H25N3O5/c1-16(27)24-19-7-4-6-18(14-19)23(29)26-13-5-12-25(26)22(28)11-8-17-15-20(30-2)9-10-21(17)31-3/h4,6-11,14-15H,5,12-13H2,1-3H3,(H,24,27). The lowest BCUT2D eigenvalue weighted by molar-refractivity contribution is -0.134. The molecule has 1 N–H and O–H groups in total. The zero-order valence-corrected chi connectivity index (χ0v) is 17.8. The molecule has 0 spiro atoms. The molecule has 0 radical (unpaired) electrons. The second-order valence-electron chi connectivity index (χ2n) is 6.95. The Hall–Kier alpha value is -3.81. The van der Waals surface area contributed by atoms with E-state index in [9.17, 15) is 14.4 Å². The van der Waals surface area contributed by atoms with Gasteiger partial charge in [0.15, 0.2) is 0 Å². The maximum absolute atomic E-state index is 13.0. The third-order valence-electron chi connectivity index (χ3n) is 4.79. The molecule has 1 saturated heterocycles. The smallest absolute Gasteiger partial charge is 0.272 e. The molecule has 1 heterocycles. The Balaban J connectivity index is 1.77. The van der Waals surface area contributed by atoms with Crippen LogP contribution >= 0.6 is 0 Å². The van der Waals surface area contributed by atoms with Crippen LogP contribution in [0.3, 0.4) is 0 Å². The van der Waals surface area contributed by atoms with E-state index < -0.39 is 0 Å². The molecule has 3 amide bonds. The van der Waals surface area contributed by atoms with Crippen molar-refractivity contribution in [3.8, 4) is 11.5 Å². The van der Waals surface area contributed by atoms with Crippen molar-refractivity contribution in [3.63, 3.8) is 0 Å². The van der Waals surface area contributed by atoms with Crippen LogP contribution in [0.15, 0.2) is 48.5 Å². The van der Waals surface area contributed by atoms with Crippen LogP contribution in [0.25, 0.3) is 6.08 Å². The van der Waals surface area contributed by atoms with Crippen LogP contribution in [0, 0.1) is 0 Å². The van der Waals surface area contributed by atoms with Crippen LogP contribution < -0.4 is 14.8 Å². The van der Waals surface area contributed by atoms with Crippen LogP contribution in [-0.4, -0.2) is 55.0 Å². The van der Waals surface area contributed by atoms with Crippen molar-refractivity contribution in [1.82, 2.24) is 10.0 Å². The topological polar surface area (TPSA) is 88.2 Å². The monoisotopic (exact) mass is 423 g/mol. The summed E-state index contributed by atoms with van der Waals surface area (Å²) in [5.41, 5.74) is 1.61. The Kier molecular flexibility index (Phi) is 6.92. The number of benzene rings is 2. The number of anilines is 1. The average Bonchev–Trinajstić information content (AvgIpc) is 3.26. The molecule has 0 aliphatic carbocycles. The number of hydrogen-bond donors (Lipinski definition) is 1. The van der Waals surface area contributed by atoms with Crippen LogP contribution in [0.5, 0.6) is 11.5 Å². The molecule has 0 aromatic heterocycles. The molecule has 8 heteroatoms. The van der Waals surface area contributed by atoms with Gasteiger partial charge in [0.05, 0.1) is 14.2 Å². The predicted octanol–water partition coefficient (Wildman–Crippen LogP) is 2.97. The summed E-state index contributed by atoms with van der Waals surface area (Å²) in [6.07, 6.45) is 3.73. The predicted molar refractivity (Wildman–Crippen MR) is 117 cm³/mol. The summed E-state index contributed by atoms with van der Waals surface area (Å²) in [4.78, 5) is 37.1. The van der Waals surface area contributed by atoms with E-state index in [1.165, 1.54) is 23.0 Å². The van der Waals surface area contributed by atoms with Crippen LogP contribution in [0.4, 0.5) is 5.69 Å². The highest BCUT2D eigenvalue weighted by atomic mass is 16.5. The normalized spacial score (nSPS) is 13.4. The third-order valence-corrected chi connectivity index (χ3v) is 4.79. The molecule has 2 aromatic carbocycles. The number of hydrogen-bond acceptors (Lipinski definition) is 5. The van der Waals surface area contributed by atoms with Crippen molar-refractivity contribution >= 4 is 29.5 Å². The molecule has 0 saturated carbocycles. The fourth-order valence-electron chi connectivity index (χ4n) is 3.35. The maximum atomic E-state index is 13.0. The highest BCUT2D eigenvalue weighted by Crippen LogP contribution is 2.25. The van der Waals surface area contributed by atoms with Gasteiger partial charge in [-0.05, 0) is 48.9 Å². The second kappa shape index (κ2) is 9.80. The van der Waals surface area contributed by atoms with E-state index in [1.807, 2.05) is 0 Å². The summed E-state index contributed by atoms with van der Waals surface area (Å²) in [7, 11) is 3.12. The van der Waals surface area contributed by atoms with Gasteiger partial charge in [0.1, 0.15) is 11.5 Å². The van der Waals surface area contributed by atoms with E-state index >= 15 is 0 Å². The van der Waals surface area contributed by atoms with Crippen LogP contribution in [-0.2, 0) is 9.59 Å². The first kappa shape index (κ1) is 21.9. The zero-order valence-electron chi connectivity index (χ0n) is 17.8. The van der Waals surface area contributed by atoms with Gasteiger partial charge >= 0.3 is 0 Å². The van der Waals surface area contributed by atoms with Gasteiger partial charge < -0.3 is 14.8 Å². The molecular formula is C23H25N3O5. The zero-order chi connectivity index (χ0) is 22.4. The molecule has 0 unspecified atom stereocenters. The fraction of sp³-hybridized carbons (Fsp3) is 0.261. The van der Waals surface area contributed by atoms with E-state index in [-0.39, 0.29) is 17.7 Å². The van der Waals surface area contributed by atoms with Gasteiger partial charge in [0.2, 0.25) is 5.91 Å². The van der Waals surface area contributed by atoms with Crippen molar-refractivity contribution in [2.75, 3.05) is 32.6 Å². The number of ether oxygens (including phenoxy) is 2. The summed E-state index contributed by atoms with van der Waals surface area (Å²) in [5, 5.41) is 5.52. The Morgan fingerprint density at radius 1 is 1.00 bits per heavy atom. The van der Waals surface area contributed by atoms with Crippen molar-refractivity contribution in [2.45, 2.75) is 13.3 Å². The molecule has 1 aliphatic heterocycles. The Morgan fingerprint density at radius 3 is 2.48 bits per heavy atom. The molecule has 162 valence electrons.